The van der Waals surface area contributed by atoms with Gasteiger partial charge in [0.1, 0.15) is 15.7 Å². The number of sulfonamides is 1. The number of hydrogen-bond acceptors (Lipinski definition) is 6. The third-order valence-corrected chi connectivity index (χ3v) is 7.45. The van der Waals surface area contributed by atoms with Crippen LogP contribution in [0.25, 0.3) is 33.4 Å². The van der Waals surface area contributed by atoms with Crippen LogP contribution in [0.15, 0.2) is 82.7 Å². The first kappa shape index (κ1) is 24.8. The second-order valence-electron chi connectivity index (χ2n) is 8.57. The molecule has 0 aliphatic rings. The molecule has 5 aromatic rings. The maximum Gasteiger partial charge on any atom is 0.242 e. The number of aromatic nitrogens is 4. The summed E-state index contributed by atoms with van der Waals surface area (Å²) in [5.41, 5.74) is 4.75. The molecule has 2 N–H and O–H groups in total. The highest BCUT2D eigenvalue weighted by molar-refractivity contribution is 7.89. The molecule has 0 saturated carbocycles. The summed E-state index contributed by atoms with van der Waals surface area (Å²) in [7, 11) is -3.85. The van der Waals surface area contributed by atoms with E-state index in [-0.39, 0.29) is 22.4 Å². The fourth-order valence-electron chi connectivity index (χ4n) is 4.01. The fraction of sp³-hybridized carbons (Fsp3) is 0.111. The molecule has 0 bridgehead atoms. The topological polar surface area (TPSA) is 118 Å². The van der Waals surface area contributed by atoms with Gasteiger partial charge in [0, 0.05) is 47.0 Å². The molecule has 5 rings (SSSR count). The second-order valence-corrected chi connectivity index (χ2v) is 10.7. The summed E-state index contributed by atoms with van der Waals surface area (Å²) >= 11 is 6.25. The van der Waals surface area contributed by atoms with Gasteiger partial charge in [-0.15, -0.1) is 0 Å². The highest BCUT2D eigenvalue weighted by Crippen LogP contribution is 2.33. The van der Waals surface area contributed by atoms with Crippen LogP contribution in [0.1, 0.15) is 17.0 Å². The smallest absolute Gasteiger partial charge is 0.242 e. The Morgan fingerprint density at radius 1 is 0.946 bits per heavy atom. The van der Waals surface area contributed by atoms with Crippen LogP contribution in [0.2, 0.25) is 5.15 Å². The second kappa shape index (κ2) is 9.85. The van der Waals surface area contributed by atoms with E-state index >= 15 is 0 Å². The molecule has 0 amide bonds. The maximum absolute atomic E-state index is 13.4. The van der Waals surface area contributed by atoms with Crippen molar-refractivity contribution in [1.29, 1.82) is 0 Å². The highest BCUT2D eigenvalue weighted by atomic mass is 35.5. The summed E-state index contributed by atoms with van der Waals surface area (Å²) < 4.78 is 27.9. The van der Waals surface area contributed by atoms with Crippen LogP contribution in [-0.2, 0) is 16.6 Å². The summed E-state index contributed by atoms with van der Waals surface area (Å²) in [6.45, 7) is 3.41. The summed E-state index contributed by atoms with van der Waals surface area (Å²) in [4.78, 5) is 29.6. The van der Waals surface area contributed by atoms with Gasteiger partial charge in [0.15, 0.2) is 5.43 Å². The molecular weight excluding hydrogens is 510 g/mol. The lowest BCUT2D eigenvalue weighted by atomic mass is 9.98. The molecule has 0 saturated heterocycles. The van der Waals surface area contributed by atoms with Gasteiger partial charge >= 0.3 is 0 Å². The van der Waals surface area contributed by atoms with Crippen molar-refractivity contribution in [1.82, 2.24) is 24.7 Å². The molecule has 8 nitrogen and oxygen atoms in total. The van der Waals surface area contributed by atoms with Gasteiger partial charge in [0.2, 0.25) is 10.0 Å². The molecule has 4 heterocycles. The number of hydrogen-bond donors (Lipinski definition) is 2. The van der Waals surface area contributed by atoms with Crippen LogP contribution in [-0.4, -0.2) is 28.4 Å². The van der Waals surface area contributed by atoms with Crippen molar-refractivity contribution in [2.45, 2.75) is 25.3 Å². The average Bonchev–Trinajstić information content (AvgIpc) is 2.88. The Hall–Kier alpha value is -3.92. The summed E-state index contributed by atoms with van der Waals surface area (Å²) in [5, 5.41) is 0.658. The molecule has 4 aromatic heterocycles. The quantitative estimate of drug-likeness (QED) is 0.304. The van der Waals surface area contributed by atoms with Gasteiger partial charge in [-0.1, -0.05) is 41.9 Å². The standard InChI is InChI=1S/C27H22ClN5O3S/c1-16-8-9-21(15-29-16)37(35,36)31-14-20-13-30-27-23(26(20)34)12-22(19-10-17(2)32-24(28)11-19)25(33-27)18-6-4-3-5-7-18/h3-13,15,31H,14H2,1-2H3,(H,30,33,34). The predicted molar refractivity (Wildman–Crippen MR) is 144 cm³/mol. The number of halogens is 1. The van der Waals surface area contributed by atoms with Crippen molar-refractivity contribution >= 4 is 32.7 Å². The average molecular weight is 532 g/mol. The number of H-pyrrole nitrogens is 1. The molecule has 186 valence electrons. The van der Waals surface area contributed by atoms with Crippen LogP contribution < -0.4 is 10.2 Å². The van der Waals surface area contributed by atoms with Gasteiger partial charge in [-0.2, -0.15) is 0 Å². The van der Waals surface area contributed by atoms with E-state index in [4.69, 9.17) is 16.6 Å². The van der Waals surface area contributed by atoms with Gasteiger partial charge in [0.25, 0.3) is 0 Å². The highest BCUT2D eigenvalue weighted by Gasteiger charge is 2.18. The van der Waals surface area contributed by atoms with Crippen LogP contribution in [0.3, 0.4) is 0 Å². The monoisotopic (exact) mass is 531 g/mol. The van der Waals surface area contributed by atoms with E-state index in [1.54, 1.807) is 25.1 Å². The van der Waals surface area contributed by atoms with Gasteiger partial charge in [0.05, 0.1) is 11.1 Å². The van der Waals surface area contributed by atoms with Gasteiger partial charge in [-0.05, 0) is 49.7 Å². The van der Waals surface area contributed by atoms with Gasteiger partial charge in [-0.3, -0.25) is 9.78 Å². The Morgan fingerprint density at radius 3 is 2.43 bits per heavy atom. The van der Waals surface area contributed by atoms with E-state index in [0.29, 0.717) is 33.1 Å². The predicted octanol–water partition coefficient (Wildman–Crippen LogP) is 4.80. The molecule has 0 unspecified atom stereocenters. The zero-order chi connectivity index (χ0) is 26.2. The number of pyridine rings is 4. The number of fused-ring (bicyclic) bond motifs is 1. The number of rotatable bonds is 6. The molecule has 0 spiro atoms. The molecular formula is C27H22ClN5O3S. The summed E-state index contributed by atoms with van der Waals surface area (Å²) in [6.07, 6.45) is 2.76. The lowest BCUT2D eigenvalue weighted by Gasteiger charge is -2.13. The molecule has 10 heteroatoms. The Kier molecular flexibility index (Phi) is 6.59. The fourth-order valence-corrected chi connectivity index (χ4v) is 5.21. The van der Waals surface area contributed by atoms with Crippen LogP contribution in [0, 0.1) is 13.8 Å². The number of nitrogens with one attached hydrogen (secondary N) is 2. The molecule has 0 aliphatic carbocycles. The Labute approximate surface area is 218 Å². The lowest BCUT2D eigenvalue weighted by Crippen LogP contribution is -2.26. The minimum atomic E-state index is -3.85. The normalized spacial score (nSPS) is 11.6. The Bertz CT molecular complexity index is 1770. The zero-order valence-electron chi connectivity index (χ0n) is 20.0. The first-order valence-electron chi connectivity index (χ1n) is 11.4. The first-order chi connectivity index (χ1) is 17.7. The third-order valence-electron chi connectivity index (χ3n) is 5.87. The number of benzene rings is 1. The zero-order valence-corrected chi connectivity index (χ0v) is 21.6. The minimum absolute atomic E-state index is 0.0247. The third kappa shape index (κ3) is 5.15. The van der Waals surface area contributed by atoms with Gasteiger partial charge < -0.3 is 4.98 Å². The molecule has 1 aromatic carbocycles. The molecule has 0 radical (unpaired) electrons. The largest absolute Gasteiger partial charge is 0.346 e. The molecule has 0 aliphatic heterocycles. The van der Waals surface area contributed by atoms with Crippen molar-refractivity contribution in [3.63, 3.8) is 0 Å². The van der Waals surface area contributed by atoms with Crippen molar-refractivity contribution < 1.29 is 8.42 Å². The van der Waals surface area contributed by atoms with Crippen molar-refractivity contribution in [2.24, 2.45) is 0 Å². The van der Waals surface area contributed by atoms with E-state index in [9.17, 15) is 13.2 Å². The summed E-state index contributed by atoms with van der Waals surface area (Å²) in [6, 6.07) is 18.1. The van der Waals surface area contributed by atoms with Crippen LogP contribution >= 0.6 is 11.6 Å². The maximum atomic E-state index is 13.4. The SMILES string of the molecule is Cc1ccc(S(=O)(=O)NCc2c[nH]c3nc(-c4ccccc4)c(-c4cc(C)nc(Cl)c4)cc3c2=O)cn1. The summed E-state index contributed by atoms with van der Waals surface area (Å²) in [5.74, 6) is 0. The van der Waals surface area contributed by atoms with E-state index in [1.165, 1.54) is 18.5 Å². The number of aryl methyl sites for hydroxylation is 2. The van der Waals surface area contributed by atoms with E-state index in [1.807, 2.05) is 43.3 Å². The van der Waals surface area contributed by atoms with Crippen LogP contribution in [0.4, 0.5) is 0 Å². The lowest BCUT2D eigenvalue weighted by molar-refractivity contribution is 0.580. The van der Waals surface area contributed by atoms with Gasteiger partial charge in [-0.25, -0.2) is 23.1 Å². The Morgan fingerprint density at radius 2 is 1.73 bits per heavy atom. The number of nitrogens with zero attached hydrogens (tertiary/aromatic N) is 3. The van der Waals surface area contributed by atoms with Crippen molar-refractivity contribution in [3.05, 3.63) is 105 Å². The van der Waals surface area contributed by atoms with E-state index in [0.717, 1.165) is 16.8 Å². The minimum Gasteiger partial charge on any atom is -0.346 e. The van der Waals surface area contributed by atoms with E-state index < -0.39 is 10.0 Å². The number of aromatic amines is 1. The molecule has 0 fully saturated rings. The Balaban J connectivity index is 1.60. The van der Waals surface area contributed by atoms with Crippen molar-refractivity contribution in [2.75, 3.05) is 0 Å². The van der Waals surface area contributed by atoms with E-state index in [2.05, 4.69) is 19.7 Å². The molecule has 0 atom stereocenters. The van der Waals surface area contributed by atoms with Crippen molar-refractivity contribution in [3.8, 4) is 22.4 Å². The molecule has 37 heavy (non-hydrogen) atoms. The first-order valence-corrected chi connectivity index (χ1v) is 13.2. The van der Waals surface area contributed by atoms with Crippen LogP contribution in [0.5, 0.6) is 0 Å².